The van der Waals surface area contributed by atoms with Gasteiger partial charge < -0.3 is 10.2 Å². The molecule has 3 rings (SSSR count). The van der Waals surface area contributed by atoms with Crippen molar-refractivity contribution in [1.82, 2.24) is 9.88 Å². The lowest BCUT2D eigenvalue weighted by Gasteiger charge is -2.38. The number of likely N-dealkylation sites (N-methyl/N-ethyl adjacent to an activating group) is 1. The van der Waals surface area contributed by atoms with Gasteiger partial charge in [0.05, 0.1) is 10.7 Å². The predicted molar refractivity (Wildman–Crippen MR) is 108 cm³/mol. The summed E-state index contributed by atoms with van der Waals surface area (Å²) in [5, 5.41) is 4.96. The first kappa shape index (κ1) is 21.2. The molecule has 1 fully saturated rings. The van der Waals surface area contributed by atoms with Gasteiger partial charge in [-0.3, -0.25) is 4.72 Å². The molecule has 11 heteroatoms. The first-order valence-electron chi connectivity index (χ1n) is 8.66. The number of anilines is 2. The van der Waals surface area contributed by atoms with E-state index in [1.807, 2.05) is 19.0 Å². The second-order valence-electron chi connectivity index (χ2n) is 6.90. The monoisotopic (exact) mass is 450 g/mol. The number of sulfonamides is 1. The normalized spacial score (nSPS) is 23.0. The van der Waals surface area contributed by atoms with Crippen LogP contribution in [-0.2, 0) is 10.0 Å². The molecule has 0 spiro atoms. The summed E-state index contributed by atoms with van der Waals surface area (Å²) in [6.07, 6.45) is 1.91. The Labute approximate surface area is 172 Å². The zero-order valence-electron chi connectivity index (χ0n) is 15.3. The molecule has 1 aliphatic carbocycles. The SMILES string of the molecule is CN(C)[C@H]1CC(F)CC[C@@H]1Nc1cc(F)c(S(=O)(=O)Nc2nccs2)cc1Cl. The number of alkyl halides is 1. The summed E-state index contributed by atoms with van der Waals surface area (Å²) < 4.78 is 55.5. The Bertz CT molecular complexity index is 925. The number of aromatic nitrogens is 1. The molecule has 154 valence electrons. The van der Waals surface area contributed by atoms with E-state index in [1.54, 1.807) is 5.38 Å². The average molecular weight is 451 g/mol. The van der Waals surface area contributed by atoms with Crippen molar-refractivity contribution in [3.8, 4) is 0 Å². The van der Waals surface area contributed by atoms with Crippen LogP contribution in [0.5, 0.6) is 0 Å². The Kier molecular flexibility index (Phi) is 6.43. The van der Waals surface area contributed by atoms with Crippen LogP contribution >= 0.6 is 22.9 Å². The van der Waals surface area contributed by atoms with Crippen molar-refractivity contribution in [1.29, 1.82) is 0 Å². The fourth-order valence-electron chi connectivity index (χ4n) is 3.32. The molecule has 2 N–H and O–H groups in total. The Morgan fingerprint density at radius 2 is 2.07 bits per heavy atom. The van der Waals surface area contributed by atoms with E-state index in [0.29, 0.717) is 19.3 Å². The fraction of sp³-hybridized carbons (Fsp3) is 0.471. The molecule has 0 radical (unpaired) electrons. The first-order chi connectivity index (χ1) is 13.2. The number of benzene rings is 1. The van der Waals surface area contributed by atoms with Crippen LogP contribution in [0.3, 0.4) is 0 Å². The van der Waals surface area contributed by atoms with Gasteiger partial charge in [0, 0.05) is 23.7 Å². The number of hydrogen-bond acceptors (Lipinski definition) is 6. The van der Waals surface area contributed by atoms with Crippen molar-refractivity contribution in [2.75, 3.05) is 24.1 Å². The Morgan fingerprint density at radius 1 is 1.32 bits per heavy atom. The minimum atomic E-state index is -4.16. The molecule has 1 aromatic heterocycles. The molecule has 0 saturated heterocycles. The summed E-state index contributed by atoms with van der Waals surface area (Å²) in [7, 11) is -0.444. The van der Waals surface area contributed by atoms with Gasteiger partial charge in [-0.1, -0.05) is 11.6 Å². The molecular formula is C17H21ClF2N4O2S2. The molecule has 1 aromatic carbocycles. The molecule has 1 heterocycles. The van der Waals surface area contributed by atoms with Gasteiger partial charge in [-0.25, -0.2) is 22.2 Å². The highest BCUT2D eigenvalue weighted by molar-refractivity contribution is 7.93. The van der Waals surface area contributed by atoms with Crippen molar-refractivity contribution >= 4 is 43.8 Å². The summed E-state index contributed by atoms with van der Waals surface area (Å²) in [6, 6.07) is 1.92. The summed E-state index contributed by atoms with van der Waals surface area (Å²) in [5.74, 6) is -0.934. The molecule has 2 aromatic rings. The molecular weight excluding hydrogens is 430 g/mol. The van der Waals surface area contributed by atoms with Crippen LogP contribution in [0.2, 0.25) is 5.02 Å². The van der Waals surface area contributed by atoms with E-state index in [2.05, 4.69) is 15.0 Å². The maximum Gasteiger partial charge on any atom is 0.266 e. The molecule has 0 aliphatic heterocycles. The van der Waals surface area contributed by atoms with Gasteiger partial charge in [0.25, 0.3) is 10.0 Å². The van der Waals surface area contributed by atoms with Gasteiger partial charge in [0.2, 0.25) is 0 Å². The number of hydrogen-bond donors (Lipinski definition) is 2. The van der Waals surface area contributed by atoms with Crippen LogP contribution in [0.15, 0.2) is 28.6 Å². The quantitative estimate of drug-likeness (QED) is 0.696. The van der Waals surface area contributed by atoms with Crippen LogP contribution in [-0.4, -0.2) is 50.7 Å². The highest BCUT2D eigenvalue weighted by Crippen LogP contribution is 2.33. The topological polar surface area (TPSA) is 74.3 Å². The Morgan fingerprint density at radius 3 is 2.71 bits per heavy atom. The standard InChI is InChI=1S/C17H21ClF2N4O2S2/c1-24(2)15-7-10(19)3-4-13(15)22-14-9-12(20)16(8-11(14)18)28(25,26)23-17-21-5-6-27-17/h5-6,8-10,13,15,22H,3-4,7H2,1-2H3,(H,21,23)/t10?,13-,15-/m0/s1. The third-order valence-corrected chi connectivity index (χ3v) is 7.21. The first-order valence-corrected chi connectivity index (χ1v) is 11.4. The molecule has 1 aliphatic rings. The van der Waals surface area contributed by atoms with Crippen molar-refractivity contribution in [2.45, 2.75) is 42.4 Å². The maximum absolute atomic E-state index is 14.6. The summed E-state index contributed by atoms with van der Waals surface area (Å²) >= 11 is 7.32. The van der Waals surface area contributed by atoms with Gasteiger partial charge in [-0.15, -0.1) is 11.3 Å². The lowest BCUT2D eigenvalue weighted by atomic mass is 9.88. The van der Waals surface area contributed by atoms with Crippen LogP contribution in [0.1, 0.15) is 19.3 Å². The zero-order chi connectivity index (χ0) is 20.5. The van der Waals surface area contributed by atoms with Gasteiger partial charge >= 0.3 is 0 Å². The average Bonchev–Trinajstić information content (AvgIpc) is 3.11. The Hall–Kier alpha value is -1.49. The molecule has 0 bridgehead atoms. The number of thiazole rings is 1. The van der Waals surface area contributed by atoms with Gasteiger partial charge in [0.1, 0.15) is 16.9 Å². The minimum Gasteiger partial charge on any atom is -0.379 e. The molecule has 1 unspecified atom stereocenters. The van der Waals surface area contributed by atoms with Crippen LogP contribution in [0.25, 0.3) is 0 Å². The maximum atomic E-state index is 14.6. The third-order valence-electron chi connectivity index (χ3n) is 4.72. The zero-order valence-corrected chi connectivity index (χ0v) is 17.7. The largest absolute Gasteiger partial charge is 0.379 e. The van der Waals surface area contributed by atoms with Crippen LogP contribution in [0, 0.1) is 5.82 Å². The molecule has 1 saturated carbocycles. The summed E-state index contributed by atoms with van der Waals surface area (Å²) in [4.78, 5) is 5.19. The molecule has 28 heavy (non-hydrogen) atoms. The van der Waals surface area contributed by atoms with E-state index in [1.165, 1.54) is 6.20 Å². The Balaban J connectivity index is 1.84. The van der Waals surface area contributed by atoms with Gasteiger partial charge in [-0.2, -0.15) is 0 Å². The van der Waals surface area contributed by atoms with E-state index < -0.39 is 26.9 Å². The fourth-order valence-corrected chi connectivity index (χ4v) is 5.48. The van der Waals surface area contributed by atoms with E-state index in [4.69, 9.17) is 11.6 Å². The summed E-state index contributed by atoms with van der Waals surface area (Å²) in [6.45, 7) is 0. The van der Waals surface area contributed by atoms with Crippen LogP contribution < -0.4 is 10.0 Å². The number of nitrogens with one attached hydrogen (secondary N) is 2. The van der Waals surface area contributed by atoms with Crippen LogP contribution in [0.4, 0.5) is 19.6 Å². The minimum absolute atomic E-state index is 0.0702. The highest BCUT2D eigenvalue weighted by Gasteiger charge is 2.32. The van der Waals surface area contributed by atoms with Crippen molar-refractivity contribution in [2.24, 2.45) is 0 Å². The van der Waals surface area contributed by atoms with Crippen molar-refractivity contribution in [3.05, 3.63) is 34.5 Å². The molecule has 3 atom stereocenters. The predicted octanol–water partition coefficient (Wildman–Crippen LogP) is 3.97. The highest BCUT2D eigenvalue weighted by atomic mass is 35.5. The second kappa shape index (κ2) is 8.48. The summed E-state index contributed by atoms with van der Waals surface area (Å²) in [5.41, 5.74) is 0.279. The number of rotatable bonds is 6. The number of halogens is 3. The van der Waals surface area contributed by atoms with E-state index >= 15 is 0 Å². The molecule has 6 nitrogen and oxygen atoms in total. The smallest absolute Gasteiger partial charge is 0.266 e. The van der Waals surface area contributed by atoms with E-state index in [-0.39, 0.29) is 27.9 Å². The van der Waals surface area contributed by atoms with E-state index in [0.717, 1.165) is 23.5 Å². The van der Waals surface area contributed by atoms with E-state index in [9.17, 15) is 17.2 Å². The molecule has 0 amide bonds. The van der Waals surface area contributed by atoms with Gasteiger partial charge in [0.15, 0.2) is 5.13 Å². The van der Waals surface area contributed by atoms with Crippen molar-refractivity contribution < 1.29 is 17.2 Å². The third kappa shape index (κ3) is 4.73. The lowest BCUT2D eigenvalue weighted by Crippen LogP contribution is -2.48. The second-order valence-corrected chi connectivity index (χ2v) is 9.85. The van der Waals surface area contributed by atoms with Gasteiger partial charge in [-0.05, 0) is 45.5 Å². The number of nitrogens with zero attached hydrogens (tertiary/aromatic N) is 2. The lowest BCUT2D eigenvalue weighted by molar-refractivity contribution is 0.139. The van der Waals surface area contributed by atoms with Crippen molar-refractivity contribution in [3.63, 3.8) is 0 Å².